The van der Waals surface area contributed by atoms with Gasteiger partial charge in [0.2, 0.25) is 11.8 Å². The lowest BCUT2D eigenvalue weighted by Gasteiger charge is -2.56. The molecule has 0 spiro atoms. The van der Waals surface area contributed by atoms with Crippen molar-refractivity contribution < 1.29 is 9.59 Å². The van der Waals surface area contributed by atoms with E-state index in [1.807, 2.05) is 4.90 Å². The molecule has 4 heteroatoms. The Labute approximate surface area is 158 Å². The van der Waals surface area contributed by atoms with Gasteiger partial charge in [-0.1, -0.05) is 26.7 Å². The third-order valence-corrected chi connectivity index (χ3v) is 7.66. The van der Waals surface area contributed by atoms with E-state index >= 15 is 0 Å². The molecule has 4 bridgehead atoms. The number of likely N-dealkylation sites (tertiary alicyclic amines) is 1. The Morgan fingerprint density at radius 1 is 0.885 bits per heavy atom. The number of hydrogen-bond acceptors (Lipinski definition) is 2. The molecule has 0 radical (unpaired) electrons. The van der Waals surface area contributed by atoms with Crippen LogP contribution < -0.4 is 5.32 Å². The Morgan fingerprint density at radius 2 is 1.38 bits per heavy atom. The van der Waals surface area contributed by atoms with Crippen LogP contribution in [-0.4, -0.2) is 35.8 Å². The number of nitrogens with one attached hydrogen (secondary N) is 1. The van der Waals surface area contributed by atoms with Gasteiger partial charge in [-0.3, -0.25) is 9.59 Å². The molecule has 0 aromatic heterocycles. The van der Waals surface area contributed by atoms with E-state index in [0.29, 0.717) is 0 Å². The summed E-state index contributed by atoms with van der Waals surface area (Å²) < 4.78 is 0. The summed E-state index contributed by atoms with van der Waals surface area (Å²) >= 11 is 0. The Balaban J connectivity index is 1.46. The third kappa shape index (κ3) is 3.41. The third-order valence-electron chi connectivity index (χ3n) is 7.66. The highest BCUT2D eigenvalue weighted by atomic mass is 16.2. The normalized spacial score (nSPS) is 37.5. The van der Waals surface area contributed by atoms with Crippen molar-refractivity contribution in [1.82, 2.24) is 10.2 Å². The molecule has 0 aromatic carbocycles. The number of nitrogens with zero attached hydrogens (tertiary/aromatic N) is 1. The Kier molecular flexibility index (Phi) is 5.04. The highest BCUT2D eigenvalue weighted by Crippen LogP contribution is 2.60. The molecule has 5 rings (SSSR count). The number of carbonyl (C=O) groups excluding carboxylic acids is 2. The van der Waals surface area contributed by atoms with Crippen LogP contribution in [0.25, 0.3) is 0 Å². The number of amides is 2. The zero-order valence-electron chi connectivity index (χ0n) is 16.6. The standard InChI is InChI=1S/C22H36N2O2/c1-15(2)19(20(25)24-7-5-3-4-6-8-24)23-21(26)22-12-16-9-17(13-22)11-18(10-16)14-22/h15-19H,3-14H2,1-2H3,(H,23,26)/t16?,17?,18?,19-,22?/m1/s1. The molecule has 4 aliphatic carbocycles. The quantitative estimate of drug-likeness (QED) is 0.830. The van der Waals surface area contributed by atoms with Gasteiger partial charge in [-0.2, -0.15) is 0 Å². The second-order valence-corrected chi connectivity index (χ2v) is 10.1. The van der Waals surface area contributed by atoms with Gasteiger partial charge in [0, 0.05) is 18.5 Å². The highest BCUT2D eigenvalue weighted by molar-refractivity contribution is 5.90. The van der Waals surface area contributed by atoms with Gasteiger partial charge in [0.25, 0.3) is 0 Å². The molecule has 146 valence electrons. The van der Waals surface area contributed by atoms with Gasteiger partial charge in [-0.25, -0.2) is 0 Å². The van der Waals surface area contributed by atoms with Gasteiger partial charge < -0.3 is 10.2 Å². The van der Waals surface area contributed by atoms with E-state index in [2.05, 4.69) is 19.2 Å². The molecule has 5 aliphatic rings. The van der Waals surface area contributed by atoms with Gasteiger partial charge in [0.15, 0.2) is 0 Å². The van der Waals surface area contributed by atoms with Crippen LogP contribution >= 0.6 is 0 Å². The summed E-state index contributed by atoms with van der Waals surface area (Å²) in [4.78, 5) is 28.6. The highest BCUT2D eigenvalue weighted by Gasteiger charge is 2.55. The predicted molar refractivity (Wildman–Crippen MR) is 102 cm³/mol. The minimum absolute atomic E-state index is 0.142. The second-order valence-electron chi connectivity index (χ2n) is 10.1. The summed E-state index contributed by atoms with van der Waals surface area (Å²) in [6.07, 6.45) is 11.8. The first-order valence-corrected chi connectivity index (χ1v) is 11.1. The molecule has 26 heavy (non-hydrogen) atoms. The van der Waals surface area contributed by atoms with E-state index < -0.39 is 0 Å². The summed E-state index contributed by atoms with van der Waals surface area (Å²) in [6.45, 7) is 5.85. The first kappa shape index (κ1) is 18.3. The van der Waals surface area contributed by atoms with E-state index in [0.717, 1.165) is 62.9 Å². The molecule has 1 N–H and O–H groups in total. The van der Waals surface area contributed by atoms with Gasteiger partial charge in [0.1, 0.15) is 6.04 Å². The van der Waals surface area contributed by atoms with Crippen molar-refractivity contribution in [3.8, 4) is 0 Å². The fourth-order valence-corrected chi connectivity index (χ4v) is 6.68. The van der Waals surface area contributed by atoms with Crippen LogP contribution in [0.3, 0.4) is 0 Å². The number of carbonyl (C=O) groups is 2. The van der Waals surface area contributed by atoms with Gasteiger partial charge in [-0.05, 0) is 75.0 Å². The zero-order chi connectivity index (χ0) is 18.3. The van der Waals surface area contributed by atoms with Gasteiger partial charge in [0.05, 0.1) is 0 Å². The lowest BCUT2D eigenvalue weighted by Crippen LogP contribution is -2.58. The molecule has 1 heterocycles. The SMILES string of the molecule is CC(C)[C@@H](NC(=O)C12CC3CC(CC(C3)C1)C2)C(=O)N1CCCCCC1. The summed E-state index contributed by atoms with van der Waals surface area (Å²) in [5.74, 6) is 2.75. The molecular formula is C22H36N2O2. The summed E-state index contributed by atoms with van der Waals surface area (Å²) in [5, 5.41) is 3.26. The number of rotatable bonds is 4. The van der Waals surface area contributed by atoms with Crippen molar-refractivity contribution in [2.75, 3.05) is 13.1 Å². The maximum atomic E-state index is 13.4. The topological polar surface area (TPSA) is 49.4 Å². The van der Waals surface area contributed by atoms with Crippen LogP contribution in [0.15, 0.2) is 0 Å². The summed E-state index contributed by atoms with van der Waals surface area (Å²) in [5.41, 5.74) is -0.166. The first-order valence-electron chi connectivity index (χ1n) is 11.1. The van der Waals surface area contributed by atoms with Crippen LogP contribution in [0.5, 0.6) is 0 Å². The lowest BCUT2D eigenvalue weighted by atomic mass is 9.49. The van der Waals surface area contributed by atoms with Gasteiger partial charge in [-0.15, -0.1) is 0 Å². The molecule has 2 amide bonds. The molecule has 4 nitrogen and oxygen atoms in total. The molecule has 1 atom stereocenters. The van der Waals surface area contributed by atoms with E-state index in [1.54, 1.807) is 0 Å². The second kappa shape index (κ2) is 7.16. The molecule has 5 fully saturated rings. The molecule has 4 saturated carbocycles. The van der Waals surface area contributed by atoms with Crippen LogP contribution in [0.4, 0.5) is 0 Å². The van der Waals surface area contributed by atoms with Crippen LogP contribution in [-0.2, 0) is 9.59 Å². The molecular weight excluding hydrogens is 324 g/mol. The number of hydrogen-bond donors (Lipinski definition) is 1. The van der Waals surface area contributed by atoms with Crippen molar-refractivity contribution in [2.24, 2.45) is 29.1 Å². The minimum Gasteiger partial charge on any atom is -0.344 e. The van der Waals surface area contributed by atoms with E-state index in [4.69, 9.17) is 0 Å². The van der Waals surface area contributed by atoms with Crippen molar-refractivity contribution in [1.29, 1.82) is 0 Å². The Hall–Kier alpha value is -1.06. The van der Waals surface area contributed by atoms with E-state index in [-0.39, 0.29) is 29.2 Å². The predicted octanol–water partition coefficient (Wildman–Crippen LogP) is 3.75. The van der Waals surface area contributed by atoms with Crippen molar-refractivity contribution in [3.05, 3.63) is 0 Å². The first-order chi connectivity index (χ1) is 12.5. The average molecular weight is 361 g/mol. The zero-order valence-corrected chi connectivity index (χ0v) is 16.6. The maximum Gasteiger partial charge on any atom is 0.245 e. The molecule has 1 saturated heterocycles. The minimum atomic E-state index is -0.353. The Morgan fingerprint density at radius 3 is 1.85 bits per heavy atom. The largest absolute Gasteiger partial charge is 0.344 e. The average Bonchev–Trinajstić information content (AvgIpc) is 2.86. The van der Waals surface area contributed by atoms with Crippen LogP contribution in [0.2, 0.25) is 0 Å². The molecule has 0 aromatic rings. The molecule has 0 unspecified atom stereocenters. The van der Waals surface area contributed by atoms with Crippen molar-refractivity contribution in [3.63, 3.8) is 0 Å². The van der Waals surface area contributed by atoms with Crippen LogP contribution in [0, 0.1) is 29.1 Å². The molecule has 1 aliphatic heterocycles. The fourth-order valence-electron chi connectivity index (χ4n) is 6.68. The van der Waals surface area contributed by atoms with Crippen molar-refractivity contribution >= 4 is 11.8 Å². The lowest BCUT2D eigenvalue weighted by molar-refractivity contribution is -0.150. The fraction of sp³-hybridized carbons (Fsp3) is 0.909. The van der Waals surface area contributed by atoms with Crippen molar-refractivity contribution in [2.45, 2.75) is 84.1 Å². The van der Waals surface area contributed by atoms with E-state index in [1.165, 1.54) is 32.1 Å². The smallest absolute Gasteiger partial charge is 0.245 e. The maximum absolute atomic E-state index is 13.4. The van der Waals surface area contributed by atoms with Crippen LogP contribution in [0.1, 0.15) is 78.1 Å². The summed E-state index contributed by atoms with van der Waals surface area (Å²) in [7, 11) is 0. The monoisotopic (exact) mass is 360 g/mol. The Bertz CT molecular complexity index is 513. The summed E-state index contributed by atoms with van der Waals surface area (Å²) in [6, 6.07) is -0.353. The van der Waals surface area contributed by atoms with Gasteiger partial charge >= 0.3 is 0 Å². The van der Waals surface area contributed by atoms with E-state index in [9.17, 15) is 9.59 Å².